The summed E-state index contributed by atoms with van der Waals surface area (Å²) in [6, 6.07) is 28.6. The van der Waals surface area contributed by atoms with Crippen LogP contribution in [0.25, 0.3) is 0 Å². The Morgan fingerprint density at radius 1 is 0.727 bits per heavy atom. The third-order valence-corrected chi connectivity index (χ3v) is 6.80. The minimum atomic E-state index is -0.368. The number of carbonyl (C=O) groups excluding carboxylic acids is 2. The van der Waals surface area contributed by atoms with Crippen molar-refractivity contribution in [3.63, 3.8) is 0 Å². The molecule has 5 rings (SSSR count). The monoisotopic (exact) mass is 439 g/mol. The van der Waals surface area contributed by atoms with Crippen LogP contribution in [-0.2, 0) is 9.59 Å². The molecule has 0 N–H and O–H groups in total. The molecule has 0 bridgehead atoms. The fourth-order valence-electron chi connectivity index (χ4n) is 5.06. The van der Waals surface area contributed by atoms with Crippen LogP contribution in [0.1, 0.15) is 29.2 Å². The Balaban J connectivity index is 1.31. The molecule has 0 saturated carbocycles. The standard InChI is InChI=1S/C28H29N3O2/c1-21-12-14-24(15-13-21)31-26(32)20-25(28(31)33)29-16-18-30(19-17-29)27(22-8-4-2-5-9-22)23-10-6-3-7-11-23/h2-15,25,27H,16-20H2,1H3/t25-/m1/s1. The molecule has 2 aliphatic heterocycles. The average molecular weight is 440 g/mol. The minimum absolute atomic E-state index is 0.0972. The molecule has 0 aromatic heterocycles. The van der Waals surface area contributed by atoms with Crippen molar-refractivity contribution in [2.24, 2.45) is 0 Å². The summed E-state index contributed by atoms with van der Waals surface area (Å²) in [6.45, 7) is 5.22. The van der Waals surface area contributed by atoms with Gasteiger partial charge in [-0.25, -0.2) is 4.90 Å². The lowest BCUT2D eigenvalue weighted by molar-refractivity contribution is -0.123. The van der Waals surface area contributed by atoms with Crippen LogP contribution >= 0.6 is 0 Å². The molecule has 0 radical (unpaired) electrons. The second kappa shape index (κ2) is 9.30. The van der Waals surface area contributed by atoms with Crippen LogP contribution < -0.4 is 4.90 Å². The Hall–Kier alpha value is -3.28. The van der Waals surface area contributed by atoms with E-state index < -0.39 is 0 Å². The van der Waals surface area contributed by atoms with Gasteiger partial charge in [-0.2, -0.15) is 0 Å². The maximum atomic E-state index is 13.2. The van der Waals surface area contributed by atoms with Gasteiger partial charge in [0.1, 0.15) is 0 Å². The number of carbonyl (C=O) groups is 2. The number of piperazine rings is 1. The summed E-state index contributed by atoms with van der Waals surface area (Å²) in [7, 11) is 0. The lowest BCUT2D eigenvalue weighted by Crippen LogP contribution is -2.53. The van der Waals surface area contributed by atoms with Gasteiger partial charge >= 0.3 is 0 Å². The van der Waals surface area contributed by atoms with Gasteiger partial charge in [-0.1, -0.05) is 78.4 Å². The summed E-state index contributed by atoms with van der Waals surface area (Å²) in [6.07, 6.45) is 0.257. The van der Waals surface area contributed by atoms with Crippen molar-refractivity contribution >= 4 is 17.5 Å². The van der Waals surface area contributed by atoms with Gasteiger partial charge in [-0.3, -0.25) is 19.4 Å². The zero-order valence-corrected chi connectivity index (χ0v) is 18.9. The van der Waals surface area contributed by atoms with E-state index in [1.54, 1.807) is 0 Å². The summed E-state index contributed by atoms with van der Waals surface area (Å²) in [5.74, 6) is -0.206. The molecule has 1 atom stereocenters. The molecule has 2 saturated heterocycles. The third-order valence-electron chi connectivity index (χ3n) is 6.80. The van der Waals surface area contributed by atoms with Crippen LogP contribution in [-0.4, -0.2) is 53.8 Å². The number of imide groups is 1. The number of hydrogen-bond donors (Lipinski definition) is 0. The molecule has 0 aliphatic carbocycles. The summed E-state index contributed by atoms with van der Waals surface area (Å²) < 4.78 is 0. The quantitative estimate of drug-likeness (QED) is 0.563. The molecule has 2 fully saturated rings. The minimum Gasteiger partial charge on any atom is -0.290 e. The summed E-state index contributed by atoms with van der Waals surface area (Å²) >= 11 is 0. The van der Waals surface area contributed by atoms with E-state index in [9.17, 15) is 9.59 Å². The summed E-state index contributed by atoms with van der Waals surface area (Å²) in [5, 5.41) is 0. The number of benzene rings is 3. The molecule has 2 aliphatic rings. The predicted octanol–water partition coefficient (Wildman–Crippen LogP) is 4.03. The van der Waals surface area contributed by atoms with E-state index in [-0.39, 0.29) is 30.3 Å². The number of aryl methyl sites for hydroxylation is 1. The molecule has 2 amide bonds. The maximum absolute atomic E-state index is 13.2. The average Bonchev–Trinajstić information content (AvgIpc) is 3.15. The molecule has 2 heterocycles. The van der Waals surface area contributed by atoms with Crippen LogP contribution in [0.15, 0.2) is 84.9 Å². The molecular weight excluding hydrogens is 410 g/mol. The van der Waals surface area contributed by atoms with Crippen LogP contribution in [0.5, 0.6) is 0 Å². The Labute approximate surface area is 195 Å². The van der Waals surface area contributed by atoms with E-state index >= 15 is 0 Å². The first-order valence-electron chi connectivity index (χ1n) is 11.6. The normalized spacial score (nSPS) is 20.1. The lowest BCUT2D eigenvalue weighted by Gasteiger charge is -2.41. The van der Waals surface area contributed by atoms with E-state index in [0.29, 0.717) is 5.69 Å². The van der Waals surface area contributed by atoms with E-state index in [0.717, 1.165) is 31.7 Å². The van der Waals surface area contributed by atoms with Gasteiger partial charge in [-0.05, 0) is 30.2 Å². The van der Waals surface area contributed by atoms with Crippen LogP contribution in [0.4, 0.5) is 5.69 Å². The first kappa shape index (κ1) is 21.6. The molecular formula is C28H29N3O2. The van der Waals surface area contributed by atoms with Gasteiger partial charge in [0, 0.05) is 26.2 Å². The van der Waals surface area contributed by atoms with Crippen molar-refractivity contribution in [1.29, 1.82) is 0 Å². The zero-order chi connectivity index (χ0) is 22.8. The summed E-state index contributed by atoms with van der Waals surface area (Å²) in [5.41, 5.74) is 4.33. The highest BCUT2D eigenvalue weighted by molar-refractivity contribution is 6.22. The lowest BCUT2D eigenvalue weighted by atomic mass is 9.96. The van der Waals surface area contributed by atoms with Gasteiger partial charge < -0.3 is 0 Å². The fourth-order valence-corrected chi connectivity index (χ4v) is 5.06. The molecule has 5 heteroatoms. The Kier molecular flexibility index (Phi) is 6.07. The van der Waals surface area contributed by atoms with Gasteiger partial charge in [0.2, 0.25) is 5.91 Å². The van der Waals surface area contributed by atoms with E-state index in [2.05, 4.69) is 58.3 Å². The Morgan fingerprint density at radius 3 is 1.82 bits per heavy atom. The highest BCUT2D eigenvalue weighted by Gasteiger charge is 2.43. The third kappa shape index (κ3) is 4.34. The maximum Gasteiger partial charge on any atom is 0.251 e. The number of hydrogen-bond acceptors (Lipinski definition) is 4. The Bertz CT molecular complexity index is 1070. The van der Waals surface area contributed by atoms with Crippen molar-refractivity contribution in [2.45, 2.75) is 25.4 Å². The van der Waals surface area contributed by atoms with Crippen molar-refractivity contribution in [1.82, 2.24) is 9.80 Å². The highest BCUT2D eigenvalue weighted by atomic mass is 16.2. The molecule has 5 nitrogen and oxygen atoms in total. The summed E-state index contributed by atoms with van der Waals surface area (Å²) in [4.78, 5) is 32.0. The van der Waals surface area contributed by atoms with Crippen LogP contribution in [0.3, 0.4) is 0 Å². The Morgan fingerprint density at radius 2 is 1.27 bits per heavy atom. The van der Waals surface area contributed by atoms with Gasteiger partial charge in [-0.15, -0.1) is 0 Å². The second-order valence-electron chi connectivity index (χ2n) is 8.92. The van der Waals surface area contributed by atoms with Crippen molar-refractivity contribution < 1.29 is 9.59 Å². The van der Waals surface area contributed by atoms with E-state index in [4.69, 9.17) is 0 Å². The number of rotatable bonds is 5. The van der Waals surface area contributed by atoms with Crippen molar-refractivity contribution in [2.75, 3.05) is 31.1 Å². The molecule has 0 unspecified atom stereocenters. The number of nitrogens with zero attached hydrogens (tertiary/aromatic N) is 3. The highest BCUT2D eigenvalue weighted by Crippen LogP contribution is 2.31. The fraction of sp³-hybridized carbons (Fsp3) is 0.286. The topological polar surface area (TPSA) is 43.9 Å². The molecule has 3 aromatic carbocycles. The van der Waals surface area contributed by atoms with Gasteiger partial charge in [0.15, 0.2) is 0 Å². The van der Waals surface area contributed by atoms with Gasteiger partial charge in [0.25, 0.3) is 5.91 Å². The second-order valence-corrected chi connectivity index (χ2v) is 8.92. The van der Waals surface area contributed by atoms with Crippen LogP contribution in [0, 0.1) is 6.92 Å². The van der Waals surface area contributed by atoms with Crippen molar-refractivity contribution in [3.8, 4) is 0 Å². The first-order chi connectivity index (χ1) is 16.1. The van der Waals surface area contributed by atoms with Crippen molar-refractivity contribution in [3.05, 3.63) is 102 Å². The zero-order valence-electron chi connectivity index (χ0n) is 18.9. The molecule has 3 aromatic rings. The number of anilines is 1. The molecule has 33 heavy (non-hydrogen) atoms. The molecule has 168 valence electrons. The van der Waals surface area contributed by atoms with Crippen LogP contribution in [0.2, 0.25) is 0 Å². The SMILES string of the molecule is Cc1ccc(N2C(=O)C[C@@H](N3CCN(C(c4ccccc4)c4ccccc4)CC3)C2=O)cc1. The van der Waals surface area contributed by atoms with Gasteiger partial charge in [0.05, 0.1) is 24.2 Å². The predicted molar refractivity (Wildman–Crippen MR) is 130 cm³/mol. The van der Waals surface area contributed by atoms with E-state index in [1.165, 1.54) is 16.0 Å². The number of amides is 2. The first-order valence-corrected chi connectivity index (χ1v) is 11.6. The molecule has 0 spiro atoms. The smallest absolute Gasteiger partial charge is 0.251 e. The largest absolute Gasteiger partial charge is 0.290 e. The van der Waals surface area contributed by atoms with E-state index in [1.807, 2.05) is 43.3 Å².